The summed E-state index contributed by atoms with van der Waals surface area (Å²) in [6, 6.07) is 16.6. The Morgan fingerprint density at radius 3 is 2.68 bits per heavy atom. The minimum atomic E-state index is -0.150. The van der Waals surface area contributed by atoms with Crippen LogP contribution >= 0.6 is 11.8 Å². The summed E-state index contributed by atoms with van der Waals surface area (Å²) in [5, 5.41) is 3.65. The van der Waals surface area contributed by atoms with E-state index in [4.69, 9.17) is 4.74 Å². The Labute approximate surface area is 185 Å². The molecule has 0 fully saturated rings. The Balaban J connectivity index is 1.52. The normalized spacial score (nSPS) is 12.6. The highest BCUT2D eigenvalue weighted by molar-refractivity contribution is 7.99. The zero-order chi connectivity index (χ0) is 21.8. The topological polar surface area (TPSA) is 71.5 Å². The molecular weight excluding hydrogens is 410 g/mol. The lowest BCUT2D eigenvalue weighted by atomic mass is 10.1. The van der Waals surface area contributed by atoms with Gasteiger partial charge in [0.2, 0.25) is 0 Å². The van der Waals surface area contributed by atoms with Gasteiger partial charge in [0.15, 0.2) is 0 Å². The van der Waals surface area contributed by atoms with Crippen LogP contribution in [0.2, 0.25) is 0 Å². The van der Waals surface area contributed by atoms with Crippen molar-refractivity contribution < 1.29 is 14.3 Å². The van der Waals surface area contributed by atoms with Crippen molar-refractivity contribution in [2.45, 2.75) is 30.3 Å². The van der Waals surface area contributed by atoms with E-state index in [1.807, 2.05) is 38.1 Å². The number of pyridine rings is 1. The summed E-state index contributed by atoms with van der Waals surface area (Å²) in [6.45, 7) is 5.41. The molecule has 6 nitrogen and oxygen atoms in total. The van der Waals surface area contributed by atoms with Crippen molar-refractivity contribution in [1.29, 1.82) is 0 Å². The zero-order valence-electron chi connectivity index (χ0n) is 17.4. The molecule has 0 atom stereocenters. The van der Waals surface area contributed by atoms with Gasteiger partial charge in [0.25, 0.3) is 11.8 Å². The first-order valence-corrected chi connectivity index (χ1v) is 11.0. The predicted molar refractivity (Wildman–Crippen MR) is 121 cm³/mol. The number of carbonyl (C=O) groups excluding carboxylic acids is 2. The quantitative estimate of drug-likeness (QED) is 0.618. The van der Waals surface area contributed by atoms with Crippen LogP contribution in [0, 0.1) is 0 Å². The second-order valence-corrected chi connectivity index (χ2v) is 7.98. The van der Waals surface area contributed by atoms with Crippen LogP contribution in [0.1, 0.15) is 40.1 Å². The third kappa shape index (κ3) is 4.41. The van der Waals surface area contributed by atoms with Crippen molar-refractivity contribution >= 4 is 29.3 Å². The molecule has 2 heterocycles. The van der Waals surface area contributed by atoms with E-state index in [0.29, 0.717) is 35.8 Å². The fourth-order valence-electron chi connectivity index (χ4n) is 3.43. The summed E-state index contributed by atoms with van der Waals surface area (Å²) in [5.41, 5.74) is 3.00. The predicted octanol–water partition coefficient (Wildman–Crippen LogP) is 4.54. The molecule has 0 saturated carbocycles. The molecule has 2 aromatic carbocycles. The van der Waals surface area contributed by atoms with Gasteiger partial charge in [0.1, 0.15) is 10.8 Å². The standard InChI is InChI=1S/C24H23N3O3S/c1-3-27-20-12-7-16(14-21(20)31-23-19(24(27)29)6-5-13-25-23)15-26-22(28)17-8-10-18(11-9-17)30-4-2/h5-14H,3-4,15H2,1-2H3,(H,26,28). The highest BCUT2D eigenvalue weighted by Crippen LogP contribution is 2.40. The Morgan fingerprint density at radius 1 is 1.13 bits per heavy atom. The number of amides is 2. The lowest BCUT2D eigenvalue weighted by Gasteiger charge is -2.21. The highest BCUT2D eigenvalue weighted by Gasteiger charge is 2.27. The van der Waals surface area contributed by atoms with Gasteiger partial charge in [-0.3, -0.25) is 9.59 Å². The summed E-state index contributed by atoms with van der Waals surface area (Å²) < 4.78 is 5.42. The lowest BCUT2D eigenvalue weighted by Crippen LogP contribution is -2.30. The zero-order valence-corrected chi connectivity index (χ0v) is 18.2. The fourth-order valence-corrected chi connectivity index (χ4v) is 4.51. The van der Waals surface area contributed by atoms with Gasteiger partial charge in [-0.15, -0.1) is 0 Å². The average molecular weight is 434 g/mol. The molecule has 1 N–H and O–H groups in total. The van der Waals surface area contributed by atoms with Crippen molar-refractivity contribution in [1.82, 2.24) is 10.3 Å². The molecule has 7 heteroatoms. The molecule has 2 amide bonds. The second kappa shape index (κ2) is 9.22. The van der Waals surface area contributed by atoms with E-state index >= 15 is 0 Å². The summed E-state index contributed by atoms with van der Waals surface area (Å²) in [7, 11) is 0. The van der Waals surface area contributed by atoms with Crippen LogP contribution in [-0.4, -0.2) is 29.9 Å². The maximum absolute atomic E-state index is 13.0. The number of rotatable bonds is 6. The number of aromatic nitrogens is 1. The maximum atomic E-state index is 13.0. The first-order valence-electron chi connectivity index (χ1n) is 10.2. The van der Waals surface area contributed by atoms with E-state index in [1.165, 1.54) is 11.8 Å². The number of hydrogen-bond donors (Lipinski definition) is 1. The first kappa shape index (κ1) is 20.9. The Bertz CT molecular complexity index is 1120. The molecule has 1 aliphatic rings. The number of carbonyl (C=O) groups is 2. The van der Waals surface area contributed by atoms with Gasteiger partial charge in [0.05, 0.1) is 17.9 Å². The van der Waals surface area contributed by atoms with E-state index < -0.39 is 0 Å². The third-order valence-corrected chi connectivity index (χ3v) is 6.03. The molecule has 1 aliphatic heterocycles. The van der Waals surface area contributed by atoms with Crippen molar-refractivity contribution in [2.24, 2.45) is 0 Å². The van der Waals surface area contributed by atoms with Crippen LogP contribution in [0.4, 0.5) is 5.69 Å². The summed E-state index contributed by atoms with van der Waals surface area (Å²) >= 11 is 1.48. The molecule has 0 bridgehead atoms. The number of fused-ring (bicyclic) bond motifs is 2. The Hall–Kier alpha value is -3.32. The Kier molecular flexibility index (Phi) is 6.23. The Morgan fingerprint density at radius 2 is 1.94 bits per heavy atom. The molecule has 31 heavy (non-hydrogen) atoms. The lowest BCUT2D eigenvalue weighted by molar-refractivity contribution is 0.0949. The van der Waals surface area contributed by atoms with E-state index in [0.717, 1.165) is 21.9 Å². The average Bonchev–Trinajstić information content (AvgIpc) is 2.91. The number of ether oxygens (including phenoxy) is 1. The van der Waals surface area contributed by atoms with E-state index in [1.54, 1.807) is 41.4 Å². The van der Waals surface area contributed by atoms with E-state index in [9.17, 15) is 9.59 Å². The van der Waals surface area contributed by atoms with Gasteiger partial charge >= 0.3 is 0 Å². The second-order valence-electron chi connectivity index (χ2n) is 6.95. The molecule has 0 spiro atoms. The monoisotopic (exact) mass is 433 g/mol. The molecule has 3 aromatic rings. The first-order chi connectivity index (χ1) is 15.1. The van der Waals surface area contributed by atoms with Gasteiger partial charge in [-0.05, 0) is 67.9 Å². The smallest absolute Gasteiger partial charge is 0.261 e. The van der Waals surface area contributed by atoms with E-state index in [-0.39, 0.29) is 11.8 Å². The van der Waals surface area contributed by atoms with Crippen LogP contribution in [0.3, 0.4) is 0 Å². The maximum Gasteiger partial charge on any atom is 0.261 e. The molecule has 1 aromatic heterocycles. The summed E-state index contributed by atoms with van der Waals surface area (Å²) in [6.07, 6.45) is 1.70. The fraction of sp³-hybridized carbons (Fsp3) is 0.208. The minimum Gasteiger partial charge on any atom is -0.494 e. The van der Waals surface area contributed by atoms with Crippen molar-refractivity contribution in [3.05, 3.63) is 77.5 Å². The molecular formula is C24H23N3O3S. The molecule has 4 rings (SSSR count). The highest BCUT2D eigenvalue weighted by atomic mass is 32.2. The van der Waals surface area contributed by atoms with Crippen molar-refractivity contribution in [3.8, 4) is 5.75 Å². The SMILES string of the molecule is CCOc1ccc(C(=O)NCc2ccc3c(c2)Sc2ncccc2C(=O)N3CC)cc1. The van der Waals surface area contributed by atoms with Gasteiger partial charge in [-0.1, -0.05) is 17.8 Å². The number of nitrogens with one attached hydrogen (secondary N) is 1. The molecule has 0 aliphatic carbocycles. The molecule has 158 valence electrons. The third-order valence-electron chi connectivity index (χ3n) is 4.97. The van der Waals surface area contributed by atoms with Gasteiger partial charge in [-0.2, -0.15) is 0 Å². The minimum absolute atomic E-state index is 0.0478. The van der Waals surface area contributed by atoms with Crippen molar-refractivity contribution in [2.75, 3.05) is 18.1 Å². The largest absolute Gasteiger partial charge is 0.494 e. The number of hydrogen-bond acceptors (Lipinski definition) is 5. The van der Waals surface area contributed by atoms with Crippen LogP contribution in [0.15, 0.2) is 70.7 Å². The molecule has 0 radical (unpaired) electrons. The van der Waals surface area contributed by atoms with Crippen LogP contribution in [0.5, 0.6) is 5.75 Å². The van der Waals surface area contributed by atoms with Gasteiger partial charge in [0, 0.05) is 29.7 Å². The summed E-state index contributed by atoms with van der Waals surface area (Å²) in [4.78, 5) is 32.6. The number of anilines is 1. The van der Waals surface area contributed by atoms with Crippen molar-refractivity contribution in [3.63, 3.8) is 0 Å². The number of nitrogens with zero attached hydrogens (tertiary/aromatic N) is 2. The van der Waals surface area contributed by atoms with Crippen LogP contribution in [0.25, 0.3) is 0 Å². The van der Waals surface area contributed by atoms with Crippen LogP contribution in [-0.2, 0) is 6.54 Å². The van der Waals surface area contributed by atoms with E-state index in [2.05, 4.69) is 10.3 Å². The number of benzene rings is 2. The van der Waals surface area contributed by atoms with Crippen LogP contribution < -0.4 is 15.0 Å². The molecule has 0 saturated heterocycles. The molecule has 0 unspecified atom stereocenters. The van der Waals surface area contributed by atoms with Gasteiger partial charge in [-0.25, -0.2) is 4.98 Å². The van der Waals surface area contributed by atoms with Gasteiger partial charge < -0.3 is 15.0 Å². The summed E-state index contributed by atoms with van der Waals surface area (Å²) in [5.74, 6) is 0.544.